The molecule has 0 fully saturated rings. The van der Waals surface area contributed by atoms with Gasteiger partial charge in [0, 0.05) is 38.6 Å². The van der Waals surface area contributed by atoms with Crippen LogP contribution in [-0.2, 0) is 18.4 Å². The lowest BCUT2D eigenvalue weighted by atomic mass is 10.1. The summed E-state index contributed by atoms with van der Waals surface area (Å²) in [5.41, 5.74) is 3.28. The molecule has 0 radical (unpaired) electrons. The summed E-state index contributed by atoms with van der Waals surface area (Å²) in [7, 11) is 3.72. The van der Waals surface area contributed by atoms with Crippen LogP contribution in [0.4, 0.5) is 0 Å². The molecule has 0 saturated heterocycles. The van der Waals surface area contributed by atoms with E-state index in [2.05, 4.69) is 46.4 Å². The molecule has 0 aliphatic heterocycles. The predicted molar refractivity (Wildman–Crippen MR) is 103 cm³/mol. The third-order valence-electron chi connectivity index (χ3n) is 4.06. The SMILES string of the molecule is Cc1ccc(CN(C)C(=O)CSc2nnc(-c3ccncc3)n2C)cc1. The minimum Gasteiger partial charge on any atom is -0.341 e. The van der Waals surface area contributed by atoms with Gasteiger partial charge in [-0.1, -0.05) is 41.6 Å². The molecule has 1 aromatic carbocycles. The summed E-state index contributed by atoms with van der Waals surface area (Å²) in [6.45, 7) is 2.65. The van der Waals surface area contributed by atoms with Gasteiger partial charge in [-0.15, -0.1) is 10.2 Å². The topological polar surface area (TPSA) is 63.9 Å². The number of aryl methyl sites for hydroxylation is 1. The van der Waals surface area contributed by atoms with Gasteiger partial charge in [-0.25, -0.2) is 0 Å². The molecule has 7 heteroatoms. The highest BCUT2D eigenvalue weighted by Gasteiger charge is 2.15. The maximum atomic E-state index is 12.4. The highest BCUT2D eigenvalue weighted by atomic mass is 32.2. The first kappa shape index (κ1) is 18.1. The molecule has 134 valence electrons. The molecular formula is C19H21N5OS. The first-order valence-electron chi connectivity index (χ1n) is 8.26. The van der Waals surface area contributed by atoms with E-state index in [9.17, 15) is 4.79 Å². The first-order valence-corrected chi connectivity index (χ1v) is 9.25. The standard InChI is InChI=1S/C19H21N5OS/c1-14-4-6-15(7-5-14)12-23(2)17(25)13-26-19-22-21-18(24(19)3)16-8-10-20-11-9-16/h4-11H,12-13H2,1-3H3. The van der Waals surface area contributed by atoms with E-state index in [0.29, 0.717) is 17.5 Å². The third kappa shape index (κ3) is 4.29. The largest absolute Gasteiger partial charge is 0.341 e. The van der Waals surface area contributed by atoms with Crippen molar-refractivity contribution in [3.8, 4) is 11.4 Å². The van der Waals surface area contributed by atoms with Crippen molar-refractivity contribution >= 4 is 17.7 Å². The number of thioether (sulfide) groups is 1. The van der Waals surface area contributed by atoms with Crippen LogP contribution in [0.2, 0.25) is 0 Å². The average molecular weight is 367 g/mol. The second kappa shape index (κ2) is 8.14. The van der Waals surface area contributed by atoms with Crippen molar-refractivity contribution in [1.82, 2.24) is 24.6 Å². The molecule has 0 aliphatic rings. The van der Waals surface area contributed by atoms with Gasteiger partial charge in [-0.3, -0.25) is 9.78 Å². The van der Waals surface area contributed by atoms with Crippen LogP contribution in [0.5, 0.6) is 0 Å². The third-order valence-corrected chi connectivity index (χ3v) is 5.07. The van der Waals surface area contributed by atoms with Gasteiger partial charge >= 0.3 is 0 Å². The number of carbonyl (C=O) groups excluding carboxylic acids is 1. The fraction of sp³-hybridized carbons (Fsp3) is 0.263. The van der Waals surface area contributed by atoms with Crippen molar-refractivity contribution in [3.05, 3.63) is 59.9 Å². The van der Waals surface area contributed by atoms with E-state index in [-0.39, 0.29) is 5.91 Å². The molecule has 0 unspecified atom stereocenters. The molecule has 0 spiro atoms. The van der Waals surface area contributed by atoms with Crippen LogP contribution in [0.15, 0.2) is 53.9 Å². The molecule has 3 rings (SSSR count). The number of rotatable bonds is 6. The lowest BCUT2D eigenvalue weighted by Crippen LogP contribution is -2.27. The van der Waals surface area contributed by atoms with Gasteiger partial charge in [0.05, 0.1) is 5.75 Å². The van der Waals surface area contributed by atoms with Gasteiger partial charge in [0.15, 0.2) is 11.0 Å². The van der Waals surface area contributed by atoms with Crippen molar-refractivity contribution < 1.29 is 4.79 Å². The van der Waals surface area contributed by atoms with Crippen LogP contribution >= 0.6 is 11.8 Å². The van der Waals surface area contributed by atoms with Crippen molar-refractivity contribution in [2.24, 2.45) is 7.05 Å². The zero-order valence-corrected chi connectivity index (χ0v) is 15.9. The quantitative estimate of drug-likeness (QED) is 0.627. The van der Waals surface area contributed by atoms with Crippen molar-refractivity contribution in [1.29, 1.82) is 0 Å². The summed E-state index contributed by atoms with van der Waals surface area (Å²) in [5, 5.41) is 9.14. The normalized spacial score (nSPS) is 10.7. The molecule has 0 saturated carbocycles. The van der Waals surface area contributed by atoms with E-state index in [0.717, 1.165) is 17.0 Å². The zero-order valence-electron chi connectivity index (χ0n) is 15.1. The number of hydrogen-bond donors (Lipinski definition) is 0. The van der Waals surface area contributed by atoms with Crippen LogP contribution in [0.25, 0.3) is 11.4 Å². The van der Waals surface area contributed by atoms with E-state index in [4.69, 9.17) is 0 Å². The zero-order chi connectivity index (χ0) is 18.5. The maximum absolute atomic E-state index is 12.4. The van der Waals surface area contributed by atoms with Crippen LogP contribution in [0, 0.1) is 6.92 Å². The number of carbonyl (C=O) groups is 1. The van der Waals surface area contributed by atoms with E-state index in [1.807, 2.05) is 30.8 Å². The van der Waals surface area contributed by atoms with E-state index >= 15 is 0 Å². The predicted octanol–water partition coefficient (Wildman–Crippen LogP) is 2.94. The number of amides is 1. The summed E-state index contributed by atoms with van der Waals surface area (Å²) >= 11 is 1.39. The lowest BCUT2D eigenvalue weighted by Gasteiger charge is -2.17. The molecule has 3 aromatic rings. The minimum atomic E-state index is 0.0593. The van der Waals surface area contributed by atoms with E-state index in [1.54, 1.807) is 17.3 Å². The Morgan fingerprint density at radius 2 is 1.81 bits per heavy atom. The molecule has 0 N–H and O–H groups in total. The Morgan fingerprint density at radius 3 is 2.50 bits per heavy atom. The van der Waals surface area contributed by atoms with Crippen molar-refractivity contribution in [2.75, 3.05) is 12.8 Å². The second-order valence-electron chi connectivity index (χ2n) is 6.13. The fourth-order valence-electron chi connectivity index (χ4n) is 2.48. The molecular weight excluding hydrogens is 346 g/mol. The highest BCUT2D eigenvalue weighted by molar-refractivity contribution is 7.99. The Kier molecular flexibility index (Phi) is 5.68. The maximum Gasteiger partial charge on any atom is 0.233 e. The molecule has 6 nitrogen and oxygen atoms in total. The summed E-state index contributed by atoms with van der Waals surface area (Å²) < 4.78 is 1.90. The second-order valence-corrected chi connectivity index (χ2v) is 7.07. The number of aromatic nitrogens is 4. The molecule has 2 aromatic heterocycles. The van der Waals surface area contributed by atoms with Gasteiger partial charge in [-0.2, -0.15) is 0 Å². The Labute approximate surface area is 157 Å². The minimum absolute atomic E-state index is 0.0593. The molecule has 1 amide bonds. The van der Waals surface area contributed by atoms with Crippen LogP contribution < -0.4 is 0 Å². The fourth-order valence-corrected chi connectivity index (χ4v) is 3.34. The van der Waals surface area contributed by atoms with E-state index in [1.165, 1.54) is 17.3 Å². The van der Waals surface area contributed by atoms with Crippen LogP contribution in [-0.4, -0.2) is 43.4 Å². The van der Waals surface area contributed by atoms with Gasteiger partial charge in [0.2, 0.25) is 5.91 Å². The molecule has 26 heavy (non-hydrogen) atoms. The Balaban J connectivity index is 1.59. The average Bonchev–Trinajstić information content (AvgIpc) is 3.03. The van der Waals surface area contributed by atoms with E-state index < -0.39 is 0 Å². The van der Waals surface area contributed by atoms with Gasteiger partial charge in [0.25, 0.3) is 0 Å². The summed E-state index contributed by atoms with van der Waals surface area (Å²) in [6.07, 6.45) is 3.45. The van der Waals surface area contributed by atoms with Gasteiger partial charge in [-0.05, 0) is 24.6 Å². The first-order chi connectivity index (χ1) is 12.5. The van der Waals surface area contributed by atoms with Crippen molar-refractivity contribution in [2.45, 2.75) is 18.6 Å². The molecule has 0 bridgehead atoms. The van der Waals surface area contributed by atoms with Gasteiger partial charge < -0.3 is 9.47 Å². The summed E-state index contributed by atoms with van der Waals surface area (Å²) in [5.74, 6) is 1.14. The van der Waals surface area contributed by atoms with Crippen LogP contribution in [0.1, 0.15) is 11.1 Å². The van der Waals surface area contributed by atoms with Gasteiger partial charge in [0.1, 0.15) is 0 Å². The summed E-state index contributed by atoms with van der Waals surface area (Å²) in [6, 6.07) is 12.0. The number of hydrogen-bond acceptors (Lipinski definition) is 5. The van der Waals surface area contributed by atoms with Crippen LogP contribution in [0.3, 0.4) is 0 Å². The van der Waals surface area contributed by atoms with Crippen molar-refractivity contribution in [3.63, 3.8) is 0 Å². The number of pyridine rings is 1. The summed E-state index contributed by atoms with van der Waals surface area (Å²) in [4.78, 5) is 18.2. The Bertz CT molecular complexity index is 877. The monoisotopic (exact) mass is 367 g/mol. The smallest absolute Gasteiger partial charge is 0.233 e. The lowest BCUT2D eigenvalue weighted by molar-refractivity contribution is -0.127. The highest BCUT2D eigenvalue weighted by Crippen LogP contribution is 2.22. The molecule has 0 aliphatic carbocycles. The molecule has 2 heterocycles. The Morgan fingerprint density at radius 1 is 1.12 bits per heavy atom. The molecule has 0 atom stereocenters. The Hall–Kier alpha value is -2.67. The number of benzene rings is 1. The number of nitrogens with zero attached hydrogens (tertiary/aromatic N) is 5.